The van der Waals surface area contributed by atoms with Crippen LogP contribution in [-0.2, 0) is 0 Å². The maximum absolute atomic E-state index is 5.78. The van der Waals surface area contributed by atoms with Gasteiger partial charge in [0, 0.05) is 32.8 Å². The molecule has 4 atom stereocenters. The van der Waals surface area contributed by atoms with Gasteiger partial charge in [-0.3, -0.25) is 10.3 Å². The number of thioether (sulfide) groups is 1. The SMILES string of the molecule is C1=C(c2ccc3c4ccccc4n(-c4ccccc4)c3c2)CC(C2N=C3c4ccccc4SC3C(c3ccccc3)N2)c2c1c1ccccc1c1ccccc21. The van der Waals surface area contributed by atoms with E-state index >= 15 is 0 Å². The predicted octanol–water partition coefficient (Wildman–Crippen LogP) is 12.8. The van der Waals surface area contributed by atoms with Crippen LogP contribution < -0.4 is 5.32 Å². The van der Waals surface area contributed by atoms with Gasteiger partial charge in [-0.25, -0.2) is 0 Å². The van der Waals surface area contributed by atoms with Gasteiger partial charge in [0.2, 0.25) is 0 Å². The zero-order valence-electron chi connectivity index (χ0n) is 30.6. The van der Waals surface area contributed by atoms with Crippen LogP contribution >= 0.6 is 11.8 Å². The Hall–Kier alpha value is -6.20. The van der Waals surface area contributed by atoms with Crippen molar-refractivity contribution in [2.75, 3.05) is 0 Å². The van der Waals surface area contributed by atoms with E-state index in [4.69, 9.17) is 4.99 Å². The minimum Gasteiger partial charge on any atom is -0.309 e. The number of fused-ring (bicyclic) bond motifs is 12. The lowest BCUT2D eigenvalue weighted by molar-refractivity contribution is 0.384. The minimum absolute atomic E-state index is 0.0904. The van der Waals surface area contributed by atoms with Crippen LogP contribution in [0.3, 0.4) is 0 Å². The Kier molecular flexibility index (Phi) is 7.26. The van der Waals surface area contributed by atoms with Crippen LogP contribution in [-0.4, -0.2) is 21.7 Å². The number of nitrogens with one attached hydrogen (secondary N) is 1. The van der Waals surface area contributed by atoms with Crippen molar-refractivity contribution in [1.29, 1.82) is 0 Å². The summed E-state index contributed by atoms with van der Waals surface area (Å²) in [6.45, 7) is 0. The monoisotopic (exact) mass is 735 g/mol. The molecule has 0 fully saturated rings. The summed E-state index contributed by atoms with van der Waals surface area (Å²) in [5.41, 5.74) is 12.8. The first kappa shape index (κ1) is 32.1. The van der Waals surface area contributed by atoms with Crippen LogP contribution in [0.1, 0.15) is 46.2 Å². The van der Waals surface area contributed by atoms with Crippen LogP contribution in [0.4, 0.5) is 0 Å². The van der Waals surface area contributed by atoms with Gasteiger partial charge in [-0.15, -0.1) is 11.8 Å². The molecule has 0 bridgehead atoms. The maximum Gasteiger partial charge on any atom is 0.108 e. The highest BCUT2D eigenvalue weighted by atomic mass is 32.2. The molecule has 1 N–H and O–H groups in total. The lowest BCUT2D eigenvalue weighted by atomic mass is 9.74. The highest BCUT2D eigenvalue weighted by Crippen LogP contribution is 2.51. The molecule has 4 heteroatoms. The molecule has 12 rings (SSSR count). The third kappa shape index (κ3) is 4.86. The number of hydrogen-bond donors (Lipinski definition) is 1. The molecule has 0 spiro atoms. The number of benzene rings is 8. The van der Waals surface area contributed by atoms with E-state index in [9.17, 15) is 0 Å². The van der Waals surface area contributed by atoms with Crippen LogP contribution in [0.5, 0.6) is 0 Å². The molecular formula is C52H37N3S. The van der Waals surface area contributed by atoms with E-state index < -0.39 is 0 Å². The Morgan fingerprint density at radius 3 is 2.04 bits per heavy atom. The Morgan fingerprint density at radius 1 is 0.571 bits per heavy atom. The van der Waals surface area contributed by atoms with E-state index in [1.165, 1.54) is 93.0 Å². The third-order valence-corrected chi connectivity index (χ3v) is 13.7. The highest BCUT2D eigenvalue weighted by Gasteiger charge is 2.44. The van der Waals surface area contributed by atoms with E-state index in [0.717, 1.165) is 6.42 Å². The van der Waals surface area contributed by atoms with Crippen molar-refractivity contribution in [3.05, 3.63) is 204 Å². The van der Waals surface area contributed by atoms with Crippen LogP contribution in [0.25, 0.3) is 60.7 Å². The van der Waals surface area contributed by atoms with Crippen LogP contribution in [0.2, 0.25) is 0 Å². The molecule has 3 aliphatic rings. The van der Waals surface area contributed by atoms with Crippen molar-refractivity contribution < 1.29 is 0 Å². The van der Waals surface area contributed by atoms with Crippen molar-refractivity contribution in [3.63, 3.8) is 0 Å². The summed E-state index contributed by atoms with van der Waals surface area (Å²) in [6, 6.07) is 64.8. The highest BCUT2D eigenvalue weighted by molar-refractivity contribution is 8.01. The molecule has 0 saturated heterocycles. The number of nitrogens with zero attached hydrogens (tertiary/aromatic N) is 2. The number of allylic oxidation sites excluding steroid dienone is 1. The molecule has 56 heavy (non-hydrogen) atoms. The van der Waals surface area contributed by atoms with Crippen molar-refractivity contribution in [2.24, 2.45) is 4.99 Å². The molecule has 266 valence electrons. The van der Waals surface area contributed by atoms with E-state index in [0.29, 0.717) is 0 Å². The topological polar surface area (TPSA) is 29.3 Å². The second-order valence-electron chi connectivity index (χ2n) is 15.4. The first-order chi connectivity index (χ1) is 27.8. The second kappa shape index (κ2) is 12.7. The summed E-state index contributed by atoms with van der Waals surface area (Å²) in [4.78, 5) is 7.11. The molecule has 1 aromatic heterocycles. The lowest BCUT2D eigenvalue weighted by Gasteiger charge is -2.40. The summed E-state index contributed by atoms with van der Waals surface area (Å²) in [6.07, 6.45) is 3.23. The average molecular weight is 736 g/mol. The van der Waals surface area contributed by atoms with E-state index in [2.05, 4.69) is 192 Å². The lowest BCUT2D eigenvalue weighted by Crippen LogP contribution is -2.47. The second-order valence-corrected chi connectivity index (χ2v) is 16.6. The van der Waals surface area contributed by atoms with Gasteiger partial charge in [-0.2, -0.15) is 0 Å². The Labute approximate surface area is 330 Å². The normalized spacial score (nSPS) is 20.1. The molecule has 9 aromatic rings. The third-order valence-electron chi connectivity index (χ3n) is 12.4. The fraction of sp³-hybridized carbons (Fsp3) is 0.0962. The zero-order chi connectivity index (χ0) is 36.7. The number of para-hydroxylation sites is 2. The molecule has 0 amide bonds. The molecule has 3 nitrogen and oxygen atoms in total. The molecule has 0 saturated carbocycles. The molecule has 8 aromatic carbocycles. The zero-order valence-corrected chi connectivity index (χ0v) is 31.5. The van der Waals surface area contributed by atoms with Gasteiger partial charge >= 0.3 is 0 Å². The summed E-state index contributed by atoms with van der Waals surface area (Å²) >= 11 is 1.95. The van der Waals surface area contributed by atoms with Gasteiger partial charge < -0.3 is 4.57 Å². The van der Waals surface area contributed by atoms with E-state index in [-0.39, 0.29) is 23.4 Å². The van der Waals surface area contributed by atoms with Crippen molar-refractivity contribution >= 4 is 72.5 Å². The molecule has 0 radical (unpaired) electrons. The summed E-state index contributed by atoms with van der Waals surface area (Å²) in [5, 5.41) is 12.2. The van der Waals surface area contributed by atoms with E-state index in [1.807, 2.05) is 11.8 Å². The molecule has 4 unspecified atom stereocenters. The first-order valence-corrected chi connectivity index (χ1v) is 20.5. The van der Waals surface area contributed by atoms with Gasteiger partial charge in [0.15, 0.2) is 0 Å². The minimum atomic E-state index is -0.135. The van der Waals surface area contributed by atoms with Crippen molar-refractivity contribution in [2.45, 2.75) is 34.7 Å². The van der Waals surface area contributed by atoms with E-state index in [1.54, 1.807) is 0 Å². The standard InChI is InChI=1S/C52H37N3S/c1-3-15-32(16-4-1)49-51-50(42-24-12-14-26-47(42)56-51)54-52(53-49)44-30-34(29-43-38-21-8-7-19-36(38)37-20-9-10-23-41(37)48(43)44)33-27-28-40-39-22-11-13-25-45(39)55(46(40)31-33)35-17-5-2-6-18-35/h1-29,31,44,49,51-53H,30H2. The number of hydrogen-bond acceptors (Lipinski definition) is 3. The fourth-order valence-corrected chi connectivity index (χ4v) is 11.3. The van der Waals surface area contributed by atoms with Gasteiger partial charge in [0.05, 0.1) is 28.0 Å². The largest absolute Gasteiger partial charge is 0.309 e. The Bertz CT molecular complexity index is 3090. The number of aliphatic imine (C=N–C) groups is 1. The Balaban J connectivity index is 1.10. The summed E-state index contributed by atoms with van der Waals surface area (Å²) < 4.78 is 2.43. The van der Waals surface area contributed by atoms with Crippen molar-refractivity contribution in [1.82, 2.24) is 9.88 Å². The number of rotatable bonds is 4. The van der Waals surface area contributed by atoms with Gasteiger partial charge in [-0.1, -0.05) is 152 Å². The predicted molar refractivity (Wildman–Crippen MR) is 236 cm³/mol. The number of aromatic nitrogens is 1. The fourth-order valence-electron chi connectivity index (χ4n) is 9.91. The summed E-state index contributed by atoms with van der Waals surface area (Å²) in [7, 11) is 0. The molecule has 1 aliphatic carbocycles. The van der Waals surface area contributed by atoms with Gasteiger partial charge in [-0.05, 0) is 86.1 Å². The molecule has 3 heterocycles. The van der Waals surface area contributed by atoms with Gasteiger partial charge in [0.25, 0.3) is 0 Å². The molecular weight excluding hydrogens is 699 g/mol. The van der Waals surface area contributed by atoms with Crippen LogP contribution in [0, 0.1) is 0 Å². The van der Waals surface area contributed by atoms with Crippen LogP contribution in [0.15, 0.2) is 186 Å². The molecule has 2 aliphatic heterocycles. The first-order valence-electron chi connectivity index (χ1n) is 19.7. The van der Waals surface area contributed by atoms with Gasteiger partial charge in [0.1, 0.15) is 6.17 Å². The maximum atomic E-state index is 5.78. The summed E-state index contributed by atoms with van der Waals surface area (Å²) in [5.74, 6) is 0.0904. The quantitative estimate of drug-likeness (QED) is 0.182. The van der Waals surface area contributed by atoms with Crippen molar-refractivity contribution in [3.8, 4) is 5.69 Å². The average Bonchev–Trinajstić information content (AvgIpc) is 3.82. The smallest absolute Gasteiger partial charge is 0.108 e. The Morgan fingerprint density at radius 2 is 1.21 bits per heavy atom.